The van der Waals surface area contributed by atoms with Crippen LogP contribution in [0.2, 0.25) is 0 Å². The van der Waals surface area contributed by atoms with Crippen molar-refractivity contribution in [3.8, 4) is 5.75 Å². The van der Waals surface area contributed by atoms with Gasteiger partial charge in [0.1, 0.15) is 5.75 Å². The number of aromatic nitrogens is 2. The molecule has 0 bridgehead atoms. The Morgan fingerprint density at radius 2 is 1.96 bits per heavy atom. The van der Waals surface area contributed by atoms with E-state index < -0.39 is 0 Å². The van der Waals surface area contributed by atoms with Gasteiger partial charge in [0.25, 0.3) is 0 Å². The topological polar surface area (TPSA) is 53.1 Å². The van der Waals surface area contributed by atoms with Crippen molar-refractivity contribution in [3.63, 3.8) is 0 Å². The van der Waals surface area contributed by atoms with Crippen molar-refractivity contribution in [1.29, 1.82) is 0 Å². The molecule has 4 nitrogen and oxygen atoms in total. The van der Waals surface area contributed by atoms with Crippen molar-refractivity contribution in [2.24, 2.45) is 12.8 Å². The van der Waals surface area contributed by atoms with Gasteiger partial charge in [-0.15, -0.1) is 0 Å². The van der Waals surface area contributed by atoms with E-state index in [9.17, 15) is 0 Å². The molecule has 0 saturated carbocycles. The molecule has 2 N–H and O–H groups in total. The molecule has 0 aliphatic heterocycles. The van der Waals surface area contributed by atoms with Crippen LogP contribution in [-0.2, 0) is 12.5 Å². The summed E-state index contributed by atoms with van der Waals surface area (Å²) in [5.41, 5.74) is 10.8. The molecule has 0 amide bonds. The Labute approximate surface area is 139 Å². The van der Waals surface area contributed by atoms with Gasteiger partial charge < -0.3 is 10.5 Å². The molecule has 1 heterocycles. The molecule has 2 rings (SSSR count). The monoisotopic (exact) mass is 315 g/mol. The quantitative estimate of drug-likeness (QED) is 0.918. The normalized spacial score (nSPS) is 13.2. The van der Waals surface area contributed by atoms with Crippen LogP contribution in [0.25, 0.3) is 0 Å². The summed E-state index contributed by atoms with van der Waals surface area (Å²) < 4.78 is 7.79. The summed E-state index contributed by atoms with van der Waals surface area (Å²) in [5, 5.41) is 4.47. The molecule has 0 radical (unpaired) electrons. The molecule has 0 spiro atoms. The first-order chi connectivity index (χ1) is 10.8. The summed E-state index contributed by atoms with van der Waals surface area (Å²) >= 11 is 0. The summed E-state index contributed by atoms with van der Waals surface area (Å²) in [6, 6.07) is 8.57. The van der Waals surface area contributed by atoms with Crippen LogP contribution in [-0.4, -0.2) is 22.9 Å². The van der Waals surface area contributed by atoms with Gasteiger partial charge in [-0.2, -0.15) is 5.10 Å². The number of rotatable bonds is 5. The third kappa shape index (κ3) is 3.75. The smallest absolute Gasteiger partial charge is 0.123 e. The summed E-state index contributed by atoms with van der Waals surface area (Å²) in [6.45, 7) is 11.8. The predicted octanol–water partition coefficient (Wildman–Crippen LogP) is 3.52. The molecule has 1 aromatic heterocycles. The highest BCUT2D eigenvalue weighted by Crippen LogP contribution is 2.35. The second-order valence-electron chi connectivity index (χ2n) is 7.06. The molecule has 0 fully saturated rings. The van der Waals surface area contributed by atoms with Crippen LogP contribution in [0.5, 0.6) is 5.75 Å². The standard InChI is InChI=1S/C19H29N3O/c1-7-23-18-9-8-14(19(3,4)5)11-15(18)16(12-20)17-10-13(2)21-22(17)6/h8-11,16H,7,12,20H2,1-6H3. The Kier molecular flexibility index (Phi) is 5.15. The molecule has 126 valence electrons. The van der Waals surface area contributed by atoms with Gasteiger partial charge in [0.2, 0.25) is 0 Å². The molecule has 4 heteroatoms. The van der Waals surface area contributed by atoms with Gasteiger partial charge in [0.05, 0.1) is 12.3 Å². The van der Waals surface area contributed by atoms with Gasteiger partial charge in [-0.25, -0.2) is 0 Å². The summed E-state index contributed by atoms with van der Waals surface area (Å²) in [7, 11) is 1.97. The lowest BCUT2D eigenvalue weighted by Crippen LogP contribution is -2.19. The Morgan fingerprint density at radius 1 is 1.26 bits per heavy atom. The maximum absolute atomic E-state index is 6.14. The third-order valence-electron chi connectivity index (χ3n) is 4.18. The van der Waals surface area contributed by atoms with Crippen molar-refractivity contribution in [1.82, 2.24) is 9.78 Å². The highest BCUT2D eigenvalue weighted by Gasteiger charge is 2.23. The molecular weight excluding hydrogens is 286 g/mol. The van der Waals surface area contributed by atoms with Crippen molar-refractivity contribution < 1.29 is 4.74 Å². The lowest BCUT2D eigenvalue weighted by Gasteiger charge is -2.24. The van der Waals surface area contributed by atoms with Crippen LogP contribution in [0.15, 0.2) is 24.3 Å². The van der Waals surface area contributed by atoms with Crippen LogP contribution in [0, 0.1) is 6.92 Å². The Morgan fingerprint density at radius 3 is 2.43 bits per heavy atom. The minimum absolute atomic E-state index is 0.0741. The number of ether oxygens (including phenoxy) is 1. The van der Waals surface area contributed by atoms with Crippen LogP contribution in [0.4, 0.5) is 0 Å². The van der Waals surface area contributed by atoms with Crippen molar-refractivity contribution >= 4 is 0 Å². The van der Waals surface area contributed by atoms with Gasteiger partial charge in [-0.05, 0) is 37.0 Å². The van der Waals surface area contributed by atoms with E-state index in [1.807, 2.05) is 25.6 Å². The highest BCUT2D eigenvalue weighted by atomic mass is 16.5. The first kappa shape index (κ1) is 17.5. The van der Waals surface area contributed by atoms with Crippen LogP contribution in [0.3, 0.4) is 0 Å². The molecular formula is C19H29N3O. The number of nitrogens with two attached hydrogens (primary N) is 1. The van der Waals surface area contributed by atoms with Crippen molar-refractivity contribution in [2.75, 3.05) is 13.2 Å². The summed E-state index contributed by atoms with van der Waals surface area (Å²) in [4.78, 5) is 0. The lowest BCUT2D eigenvalue weighted by molar-refractivity contribution is 0.334. The molecule has 0 saturated heterocycles. The van der Waals surface area contributed by atoms with Gasteiger partial charge >= 0.3 is 0 Å². The Hall–Kier alpha value is -1.81. The van der Waals surface area contributed by atoms with Crippen LogP contribution in [0.1, 0.15) is 56.1 Å². The maximum Gasteiger partial charge on any atom is 0.123 e. The van der Waals surface area contributed by atoms with Gasteiger partial charge in [-0.3, -0.25) is 4.68 Å². The van der Waals surface area contributed by atoms with E-state index in [1.165, 1.54) is 5.56 Å². The predicted molar refractivity (Wildman–Crippen MR) is 95.2 cm³/mol. The number of aryl methyl sites for hydroxylation is 2. The van der Waals surface area contributed by atoms with E-state index in [1.54, 1.807) is 0 Å². The number of benzene rings is 1. The molecule has 2 aromatic rings. The van der Waals surface area contributed by atoms with Gasteiger partial charge in [0.15, 0.2) is 0 Å². The molecule has 23 heavy (non-hydrogen) atoms. The lowest BCUT2D eigenvalue weighted by atomic mass is 9.83. The largest absolute Gasteiger partial charge is 0.494 e. The SMILES string of the molecule is CCOc1ccc(C(C)(C)C)cc1C(CN)c1cc(C)nn1C. The molecule has 0 aliphatic rings. The maximum atomic E-state index is 6.14. The highest BCUT2D eigenvalue weighted by molar-refractivity contribution is 5.45. The molecule has 1 atom stereocenters. The minimum atomic E-state index is 0.0741. The Balaban J connectivity index is 2.58. The second kappa shape index (κ2) is 6.75. The number of hydrogen-bond acceptors (Lipinski definition) is 3. The third-order valence-corrected chi connectivity index (χ3v) is 4.18. The zero-order chi connectivity index (χ0) is 17.2. The summed E-state index contributed by atoms with van der Waals surface area (Å²) in [6.07, 6.45) is 0. The molecule has 1 aromatic carbocycles. The molecule has 0 aliphatic carbocycles. The van der Waals surface area contributed by atoms with Crippen molar-refractivity contribution in [2.45, 2.75) is 46.0 Å². The van der Waals surface area contributed by atoms with Crippen LogP contribution >= 0.6 is 0 Å². The number of hydrogen-bond donors (Lipinski definition) is 1. The van der Waals surface area contributed by atoms with Crippen molar-refractivity contribution in [3.05, 3.63) is 46.8 Å². The van der Waals surface area contributed by atoms with E-state index in [0.29, 0.717) is 13.2 Å². The fourth-order valence-corrected chi connectivity index (χ4v) is 2.94. The van der Waals surface area contributed by atoms with Crippen LogP contribution < -0.4 is 10.5 Å². The minimum Gasteiger partial charge on any atom is -0.494 e. The number of nitrogens with zero attached hydrogens (tertiary/aromatic N) is 2. The molecule has 1 unspecified atom stereocenters. The van der Waals surface area contributed by atoms with E-state index in [-0.39, 0.29) is 11.3 Å². The fourth-order valence-electron chi connectivity index (χ4n) is 2.94. The Bertz CT molecular complexity index is 668. The average molecular weight is 315 g/mol. The van der Waals surface area contributed by atoms with E-state index >= 15 is 0 Å². The zero-order valence-electron chi connectivity index (χ0n) is 15.2. The van der Waals surface area contributed by atoms with E-state index in [0.717, 1.165) is 22.7 Å². The zero-order valence-corrected chi connectivity index (χ0v) is 15.2. The summed E-state index contributed by atoms with van der Waals surface area (Å²) in [5.74, 6) is 0.986. The van der Waals surface area contributed by atoms with Gasteiger partial charge in [-0.1, -0.05) is 32.9 Å². The fraction of sp³-hybridized carbons (Fsp3) is 0.526. The first-order valence-electron chi connectivity index (χ1n) is 8.25. The van der Waals surface area contributed by atoms with Gasteiger partial charge in [0, 0.05) is 30.8 Å². The first-order valence-corrected chi connectivity index (χ1v) is 8.25. The average Bonchev–Trinajstić information content (AvgIpc) is 2.79. The van der Waals surface area contributed by atoms with E-state index in [4.69, 9.17) is 10.5 Å². The second-order valence-corrected chi connectivity index (χ2v) is 7.06. The van der Waals surface area contributed by atoms with E-state index in [2.05, 4.69) is 50.1 Å².